The van der Waals surface area contributed by atoms with Gasteiger partial charge in [0, 0.05) is 19.1 Å². The van der Waals surface area contributed by atoms with Crippen LogP contribution in [0, 0.1) is 0 Å². The Hall–Kier alpha value is -1.40. The Labute approximate surface area is 138 Å². The molecule has 0 saturated carbocycles. The summed E-state index contributed by atoms with van der Waals surface area (Å²) in [6, 6.07) is 0.430. The average molecular weight is 322 g/mol. The van der Waals surface area contributed by atoms with Crippen molar-refractivity contribution < 1.29 is 9.21 Å². The van der Waals surface area contributed by atoms with Crippen LogP contribution in [-0.4, -0.2) is 41.5 Å². The molecule has 2 heterocycles. The Morgan fingerprint density at radius 2 is 2.39 bits per heavy atom. The van der Waals surface area contributed by atoms with Gasteiger partial charge in [-0.2, -0.15) is 0 Å². The molecule has 1 fully saturated rings. The first-order chi connectivity index (χ1) is 11.1. The topological polar surface area (TPSA) is 84.4 Å². The lowest BCUT2D eigenvalue weighted by molar-refractivity contribution is 0.0944. The molecule has 0 bridgehead atoms. The Morgan fingerprint density at radius 3 is 3.13 bits per heavy atom. The molecule has 1 aliphatic rings. The number of nitrogens with zero attached hydrogens (tertiary/aromatic N) is 2. The lowest BCUT2D eigenvalue weighted by Gasteiger charge is -2.33. The van der Waals surface area contributed by atoms with Crippen molar-refractivity contribution in [3.8, 4) is 0 Å². The Balaban J connectivity index is 1.70. The van der Waals surface area contributed by atoms with Crippen LogP contribution < -0.4 is 11.1 Å². The predicted octanol–water partition coefficient (Wildman–Crippen LogP) is 2.47. The minimum Gasteiger partial charge on any atom is -0.446 e. The fourth-order valence-corrected chi connectivity index (χ4v) is 3.06. The van der Waals surface area contributed by atoms with Crippen LogP contribution in [-0.2, 0) is 0 Å². The lowest BCUT2D eigenvalue weighted by Crippen LogP contribution is -2.39. The maximum Gasteiger partial charge on any atom is 0.273 e. The molecule has 130 valence electrons. The van der Waals surface area contributed by atoms with Gasteiger partial charge in [-0.15, -0.1) is 0 Å². The van der Waals surface area contributed by atoms with Crippen LogP contribution in [0.3, 0.4) is 0 Å². The summed E-state index contributed by atoms with van der Waals surface area (Å²) in [6.07, 6.45) is 8.02. The third kappa shape index (κ3) is 5.32. The monoisotopic (exact) mass is 322 g/mol. The van der Waals surface area contributed by atoms with Crippen LogP contribution >= 0.6 is 0 Å². The quantitative estimate of drug-likeness (QED) is 0.718. The molecule has 6 nitrogen and oxygen atoms in total. The Morgan fingerprint density at radius 1 is 1.57 bits per heavy atom. The third-order valence-electron chi connectivity index (χ3n) is 4.52. The van der Waals surface area contributed by atoms with E-state index in [1.165, 1.54) is 32.1 Å². The molecule has 6 heteroatoms. The molecular formula is C17H30N4O2. The van der Waals surface area contributed by atoms with E-state index in [1.54, 1.807) is 0 Å². The number of piperidine rings is 1. The van der Waals surface area contributed by atoms with Gasteiger partial charge in [0.25, 0.3) is 5.91 Å². The molecule has 0 aromatic carbocycles. The number of carbonyl (C=O) groups is 1. The van der Waals surface area contributed by atoms with E-state index in [2.05, 4.69) is 29.0 Å². The van der Waals surface area contributed by atoms with E-state index in [0.717, 1.165) is 25.8 Å². The van der Waals surface area contributed by atoms with E-state index >= 15 is 0 Å². The van der Waals surface area contributed by atoms with E-state index in [4.69, 9.17) is 10.2 Å². The zero-order valence-electron chi connectivity index (χ0n) is 14.4. The highest BCUT2D eigenvalue weighted by atomic mass is 16.3. The molecular weight excluding hydrogens is 292 g/mol. The number of aromatic nitrogens is 1. The number of hydrogen-bond donors (Lipinski definition) is 2. The second kappa shape index (κ2) is 9.03. The molecule has 1 saturated heterocycles. The summed E-state index contributed by atoms with van der Waals surface area (Å²) in [5.74, 6) is 0.259. The SMILES string of the molecule is CCCC(N)c1nc(C(=O)NCCCN2CCCCC2C)co1. The molecule has 23 heavy (non-hydrogen) atoms. The van der Waals surface area contributed by atoms with Crippen LogP contribution in [0.25, 0.3) is 0 Å². The Kier molecular flexibility index (Phi) is 7.05. The van der Waals surface area contributed by atoms with Gasteiger partial charge in [0.1, 0.15) is 6.26 Å². The van der Waals surface area contributed by atoms with Crippen molar-refractivity contribution in [2.75, 3.05) is 19.6 Å². The molecule has 0 radical (unpaired) electrons. The van der Waals surface area contributed by atoms with Gasteiger partial charge in [-0.25, -0.2) is 4.98 Å². The molecule has 2 rings (SSSR count). The van der Waals surface area contributed by atoms with E-state index in [1.807, 2.05) is 0 Å². The maximum absolute atomic E-state index is 12.1. The van der Waals surface area contributed by atoms with Gasteiger partial charge in [-0.05, 0) is 39.2 Å². The zero-order chi connectivity index (χ0) is 16.7. The number of rotatable bonds is 8. The molecule has 1 aliphatic heterocycles. The van der Waals surface area contributed by atoms with Crippen molar-refractivity contribution in [3.63, 3.8) is 0 Å². The molecule has 0 aliphatic carbocycles. The van der Waals surface area contributed by atoms with Gasteiger partial charge in [0.05, 0.1) is 6.04 Å². The summed E-state index contributed by atoms with van der Waals surface area (Å²) in [6.45, 7) is 7.21. The van der Waals surface area contributed by atoms with Gasteiger partial charge >= 0.3 is 0 Å². The first kappa shape index (κ1) is 17.9. The van der Waals surface area contributed by atoms with Crippen LogP contribution in [0.2, 0.25) is 0 Å². The summed E-state index contributed by atoms with van der Waals surface area (Å²) in [5.41, 5.74) is 6.26. The highest BCUT2D eigenvalue weighted by Crippen LogP contribution is 2.16. The second-order valence-corrected chi connectivity index (χ2v) is 6.46. The summed E-state index contributed by atoms with van der Waals surface area (Å²) in [7, 11) is 0. The van der Waals surface area contributed by atoms with Crippen molar-refractivity contribution in [1.82, 2.24) is 15.2 Å². The molecule has 2 unspecified atom stereocenters. The number of nitrogens with two attached hydrogens (primary N) is 1. The van der Waals surface area contributed by atoms with Crippen molar-refractivity contribution in [3.05, 3.63) is 17.8 Å². The lowest BCUT2D eigenvalue weighted by atomic mass is 10.0. The number of likely N-dealkylation sites (tertiary alicyclic amines) is 1. The van der Waals surface area contributed by atoms with Gasteiger partial charge in [0.15, 0.2) is 5.69 Å². The smallest absolute Gasteiger partial charge is 0.273 e. The number of carbonyl (C=O) groups excluding carboxylic acids is 1. The standard InChI is InChI=1S/C17H30N4O2/c1-3-7-14(18)17-20-15(12-23-17)16(22)19-9-6-11-21-10-5-4-8-13(21)2/h12-14H,3-11,18H2,1-2H3,(H,19,22). The Bertz CT molecular complexity index is 489. The fourth-order valence-electron chi connectivity index (χ4n) is 3.06. The minimum absolute atomic E-state index is 0.185. The van der Waals surface area contributed by atoms with E-state index in [-0.39, 0.29) is 11.9 Å². The maximum atomic E-state index is 12.1. The van der Waals surface area contributed by atoms with E-state index < -0.39 is 0 Å². The normalized spacial score (nSPS) is 20.4. The molecule has 3 N–H and O–H groups in total. The molecule has 2 atom stereocenters. The highest BCUT2D eigenvalue weighted by Gasteiger charge is 2.18. The first-order valence-electron chi connectivity index (χ1n) is 8.85. The van der Waals surface area contributed by atoms with Crippen molar-refractivity contribution in [2.45, 2.75) is 64.5 Å². The summed E-state index contributed by atoms with van der Waals surface area (Å²) < 4.78 is 5.31. The number of oxazole rings is 1. The predicted molar refractivity (Wildman–Crippen MR) is 90.2 cm³/mol. The molecule has 1 amide bonds. The van der Waals surface area contributed by atoms with Crippen LogP contribution in [0.1, 0.15) is 74.8 Å². The van der Waals surface area contributed by atoms with Gasteiger partial charge in [-0.3, -0.25) is 4.79 Å². The summed E-state index contributed by atoms with van der Waals surface area (Å²) in [4.78, 5) is 18.8. The van der Waals surface area contributed by atoms with Crippen molar-refractivity contribution >= 4 is 5.91 Å². The number of nitrogens with one attached hydrogen (secondary N) is 1. The molecule has 1 aromatic rings. The summed E-state index contributed by atoms with van der Waals surface area (Å²) >= 11 is 0. The van der Waals surface area contributed by atoms with Crippen LogP contribution in [0.4, 0.5) is 0 Å². The highest BCUT2D eigenvalue weighted by molar-refractivity contribution is 5.91. The zero-order valence-corrected chi connectivity index (χ0v) is 14.4. The van der Waals surface area contributed by atoms with Gasteiger partial charge in [0.2, 0.25) is 5.89 Å². The van der Waals surface area contributed by atoms with Crippen molar-refractivity contribution in [1.29, 1.82) is 0 Å². The average Bonchev–Trinajstić information content (AvgIpc) is 3.03. The summed E-state index contributed by atoms with van der Waals surface area (Å²) in [5, 5.41) is 2.91. The van der Waals surface area contributed by atoms with Gasteiger partial charge in [-0.1, -0.05) is 19.8 Å². The molecule has 1 aromatic heterocycles. The number of amides is 1. The first-order valence-corrected chi connectivity index (χ1v) is 8.85. The fraction of sp³-hybridized carbons (Fsp3) is 0.765. The van der Waals surface area contributed by atoms with E-state index in [0.29, 0.717) is 24.2 Å². The largest absolute Gasteiger partial charge is 0.446 e. The van der Waals surface area contributed by atoms with Crippen molar-refractivity contribution in [2.24, 2.45) is 5.73 Å². The van der Waals surface area contributed by atoms with E-state index in [9.17, 15) is 4.79 Å². The minimum atomic E-state index is -0.234. The van der Waals surface area contributed by atoms with Crippen LogP contribution in [0.5, 0.6) is 0 Å². The number of hydrogen-bond acceptors (Lipinski definition) is 5. The van der Waals surface area contributed by atoms with Gasteiger partial charge < -0.3 is 20.4 Å². The molecule has 0 spiro atoms. The van der Waals surface area contributed by atoms with Crippen LogP contribution in [0.15, 0.2) is 10.7 Å². The second-order valence-electron chi connectivity index (χ2n) is 6.46. The third-order valence-corrected chi connectivity index (χ3v) is 4.52.